The molecule has 1 aromatic carbocycles. The van der Waals surface area contributed by atoms with E-state index in [2.05, 4.69) is 12.2 Å². The first-order chi connectivity index (χ1) is 8.74. The van der Waals surface area contributed by atoms with Crippen molar-refractivity contribution in [2.24, 2.45) is 5.92 Å². The highest BCUT2D eigenvalue weighted by Crippen LogP contribution is 2.08. The minimum atomic E-state index is -0.256. The molecule has 0 spiro atoms. The van der Waals surface area contributed by atoms with Gasteiger partial charge in [0.1, 0.15) is 0 Å². The Hall–Kier alpha value is -1.35. The fourth-order valence-electron chi connectivity index (χ4n) is 1.75. The molecule has 0 bridgehead atoms. The molecule has 0 radical (unpaired) electrons. The number of benzene rings is 1. The zero-order valence-electron chi connectivity index (χ0n) is 11.3. The molecule has 3 nitrogen and oxygen atoms in total. The lowest BCUT2D eigenvalue weighted by Gasteiger charge is -2.17. The molecular weight excluding hydrogens is 226 g/mol. The molecule has 0 aromatic heterocycles. The van der Waals surface area contributed by atoms with Crippen LogP contribution in [0, 0.1) is 5.92 Å². The number of hydrogen-bond donors (Lipinski definition) is 1. The lowest BCUT2D eigenvalue weighted by molar-refractivity contribution is 0.0526. The second-order valence-corrected chi connectivity index (χ2v) is 4.52. The third kappa shape index (κ3) is 5.82. The number of hydrogen-bond acceptors (Lipinski definition) is 3. The maximum atomic E-state index is 11.0. The van der Waals surface area contributed by atoms with Crippen LogP contribution in [0.1, 0.15) is 37.0 Å². The molecule has 1 aromatic rings. The van der Waals surface area contributed by atoms with Crippen LogP contribution >= 0.6 is 0 Å². The van der Waals surface area contributed by atoms with E-state index in [-0.39, 0.29) is 5.97 Å². The average molecular weight is 249 g/mol. The van der Waals surface area contributed by atoms with E-state index in [1.807, 2.05) is 18.2 Å². The fourth-order valence-corrected chi connectivity index (χ4v) is 1.75. The summed E-state index contributed by atoms with van der Waals surface area (Å²) in [6, 6.07) is 8.96. The molecule has 1 heterocycles. The number of carbonyl (C=O) groups excluding carboxylic acids is 1. The zero-order chi connectivity index (χ0) is 13.2. The molecule has 1 fully saturated rings. The molecule has 100 valence electrons. The molecule has 0 saturated carbocycles. The Labute approximate surface area is 110 Å². The Bertz CT molecular complexity index is 332. The van der Waals surface area contributed by atoms with Gasteiger partial charge in [-0.05, 0) is 50.9 Å². The van der Waals surface area contributed by atoms with Crippen molar-refractivity contribution in [3.8, 4) is 0 Å². The van der Waals surface area contributed by atoms with Crippen molar-refractivity contribution >= 4 is 5.97 Å². The van der Waals surface area contributed by atoms with Gasteiger partial charge in [-0.3, -0.25) is 0 Å². The SMILES string of the molecule is CC1CCNCC1.CCOC(=O)c1ccccc1. The van der Waals surface area contributed by atoms with Crippen LogP contribution in [0.5, 0.6) is 0 Å². The first-order valence-corrected chi connectivity index (χ1v) is 6.67. The predicted octanol–water partition coefficient (Wildman–Crippen LogP) is 2.87. The largest absolute Gasteiger partial charge is 0.462 e. The van der Waals surface area contributed by atoms with Crippen molar-refractivity contribution in [3.05, 3.63) is 35.9 Å². The molecule has 0 unspecified atom stereocenters. The number of piperidine rings is 1. The van der Waals surface area contributed by atoms with E-state index in [4.69, 9.17) is 4.74 Å². The van der Waals surface area contributed by atoms with Crippen LogP contribution in [0.2, 0.25) is 0 Å². The summed E-state index contributed by atoms with van der Waals surface area (Å²) < 4.78 is 4.79. The van der Waals surface area contributed by atoms with Gasteiger partial charge in [0.15, 0.2) is 0 Å². The highest BCUT2D eigenvalue weighted by Gasteiger charge is 2.05. The Balaban J connectivity index is 0.000000199. The first kappa shape index (κ1) is 14.7. The van der Waals surface area contributed by atoms with Crippen molar-refractivity contribution < 1.29 is 9.53 Å². The summed E-state index contributed by atoms with van der Waals surface area (Å²) in [6.07, 6.45) is 2.75. The smallest absolute Gasteiger partial charge is 0.338 e. The van der Waals surface area contributed by atoms with Gasteiger partial charge >= 0.3 is 5.97 Å². The average Bonchev–Trinajstić information content (AvgIpc) is 2.42. The van der Waals surface area contributed by atoms with E-state index in [9.17, 15) is 4.79 Å². The summed E-state index contributed by atoms with van der Waals surface area (Å²) >= 11 is 0. The Morgan fingerprint density at radius 1 is 1.28 bits per heavy atom. The number of esters is 1. The highest BCUT2D eigenvalue weighted by atomic mass is 16.5. The van der Waals surface area contributed by atoms with Gasteiger partial charge in [-0.2, -0.15) is 0 Å². The molecule has 0 atom stereocenters. The van der Waals surface area contributed by atoms with E-state index in [1.54, 1.807) is 19.1 Å². The molecule has 3 heteroatoms. The highest BCUT2D eigenvalue weighted by molar-refractivity contribution is 5.89. The standard InChI is InChI=1S/C9H10O2.C6H13N/c1-2-11-9(10)8-6-4-3-5-7-8;1-6-2-4-7-5-3-6/h3-7H,2H2,1H3;6-7H,2-5H2,1H3. The van der Waals surface area contributed by atoms with Crippen LogP contribution in [0.15, 0.2) is 30.3 Å². The summed E-state index contributed by atoms with van der Waals surface area (Å²) in [7, 11) is 0. The molecule has 1 aliphatic heterocycles. The Morgan fingerprint density at radius 3 is 2.33 bits per heavy atom. The molecule has 1 N–H and O–H groups in total. The maximum absolute atomic E-state index is 11.0. The normalized spacial score (nSPS) is 15.4. The number of carbonyl (C=O) groups is 1. The summed E-state index contributed by atoms with van der Waals surface area (Å²) in [5, 5.41) is 3.32. The van der Waals surface area contributed by atoms with Crippen molar-refractivity contribution in [1.82, 2.24) is 5.32 Å². The molecule has 0 aliphatic carbocycles. The van der Waals surface area contributed by atoms with Gasteiger partial charge in [-0.1, -0.05) is 25.1 Å². The van der Waals surface area contributed by atoms with E-state index >= 15 is 0 Å². The van der Waals surface area contributed by atoms with E-state index in [0.717, 1.165) is 5.92 Å². The van der Waals surface area contributed by atoms with E-state index in [1.165, 1.54) is 25.9 Å². The quantitative estimate of drug-likeness (QED) is 0.819. The van der Waals surface area contributed by atoms with Crippen LogP contribution in [-0.4, -0.2) is 25.7 Å². The van der Waals surface area contributed by atoms with Crippen molar-refractivity contribution in [2.75, 3.05) is 19.7 Å². The van der Waals surface area contributed by atoms with Crippen molar-refractivity contribution in [3.63, 3.8) is 0 Å². The minimum Gasteiger partial charge on any atom is -0.462 e. The lowest BCUT2D eigenvalue weighted by atomic mass is 10.0. The van der Waals surface area contributed by atoms with Gasteiger partial charge in [0.05, 0.1) is 12.2 Å². The van der Waals surface area contributed by atoms with Crippen molar-refractivity contribution in [2.45, 2.75) is 26.7 Å². The van der Waals surface area contributed by atoms with Crippen molar-refractivity contribution in [1.29, 1.82) is 0 Å². The molecule has 18 heavy (non-hydrogen) atoms. The monoisotopic (exact) mass is 249 g/mol. The number of ether oxygens (including phenoxy) is 1. The van der Waals surface area contributed by atoms with E-state index < -0.39 is 0 Å². The van der Waals surface area contributed by atoms with Gasteiger partial charge in [-0.25, -0.2) is 4.79 Å². The molecular formula is C15H23NO2. The summed E-state index contributed by atoms with van der Waals surface area (Å²) in [5.74, 6) is 0.717. The Morgan fingerprint density at radius 2 is 1.89 bits per heavy atom. The molecule has 1 aliphatic rings. The molecule has 2 rings (SSSR count). The lowest BCUT2D eigenvalue weighted by Crippen LogP contribution is -2.26. The fraction of sp³-hybridized carbons (Fsp3) is 0.533. The first-order valence-electron chi connectivity index (χ1n) is 6.67. The van der Waals surface area contributed by atoms with Crippen LogP contribution in [0.4, 0.5) is 0 Å². The van der Waals surface area contributed by atoms with Crippen LogP contribution in [0.3, 0.4) is 0 Å². The van der Waals surface area contributed by atoms with Crippen LogP contribution in [0.25, 0.3) is 0 Å². The van der Waals surface area contributed by atoms with Gasteiger partial charge < -0.3 is 10.1 Å². The summed E-state index contributed by atoms with van der Waals surface area (Å²) in [4.78, 5) is 11.0. The van der Waals surface area contributed by atoms with Gasteiger partial charge in [-0.15, -0.1) is 0 Å². The predicted molar refractivity (Wildman–Crippen MR) is 73.7 cm³/mol. The summed E-state index contributed by atoms with van der Waals surface area (Å²) in [5.41, 5.74) is 0.606. The van der Waals surface area contributed by atoms with E-state index in [0.29, 0.717) is 12.2 Å². The summed E-state index contributed by atoms with van der Waals surface area (Å²) in [6.45, 7) is 7.01. The third-order valence-corrected chi connectivity index (χ3v) is 2.91. The minimum absolute atomic E-state index is 0.256. The number of rotatable bonds is 2. The van der Waals surface area contributed by atoms with Crippen LogP contribution in [-0.2, 0) is 4.74 Å². The zero-order valence-corrected chi connectivity index (χ0v) is 11.3. The topological polar surface area (TPSA) is 38.3 Å². The number of nitrogens with one attached hydrogen (secondary N) is 1. The Kier molecular flexibility index (Phi) is 7.11. The third-order valence-electron chi connectivity index (χ3n) is 2.91. The second-order valence-electron chi connectivity index (χ2n) is 4.52. The molecule has 1 saturated heterocycles. The second kappa shape index (κ2) is 8.70. The van der Waals surface area contributed by atoms with Gasteiger partial charge in [0.25, 0.3) is 0 Å². The maximum Gasteiger partial charge on any atom is 0.338 e. The van der Waals surface area contributed by atoms with Gasteiger partial charge in [0.2, 0.25) is 0 Å². The van der Waals surface area contributed by atoms with Gasteiger partial charge in [0, 0.05) is 0 Å². The van der Waals surface area contributed by atoms with Crippen LogP contribution < -0.4 is 5.32 Å². The molecule has 0 amide bonds.